The van der Waals surface area contributed by atoms with Gasteiger partial charge in [-0.25, -0.2) is 0 Å². The van der Waals surface area contributed by atoms with E-state index in [9.17, 15) is 0 Å². The SMILES string of the molecule is c1ccc(C(COC[C@H]2OCC3=NOC[C@@H]32)(c2ccccc2)c2ccccc2)cc1. The molecule has 30 heavy (non-hydrogen) atoms. The van der Waals surface area contributed by atoms with Crippen LogP contribution in [0.15, 0.2) is 96.2 Å². The van der Waals surface area contributed by atoms with Crippen molar-refractivity contribution in [3.8, 4) is 0 Å². The molecule has 3 aromatic rings. The van der Waals surface area contributed by atoms with Crippen molar-refractivity contribution < 1.29 is 14.3 Å². The van der Waals surface area contributed by atoms with Gasteiger partial charge in [0, 0.05) is 0 Å². The summed E-state index contributed by atoms with van der Waals surface area (Å²) in [7, 11) is 0. The molecular formula is C26H25NO3. The molecule has 0 aliphatic carbocycles. The Labute approximate surface area is 177 Å². The van der Waals surface area contributed by atoms with Crippen LogP contribution in [0.3, 0.4) is 0 Å². The maximum atomic E-state index is 6.42. The second kappa shape index (κ2) is 8.42. The van der Waals surface area contributed by atoms with Gasteiger partial charge >= 0.3 is 0 Å². The Balaban J connectivity index is 1.50. The number of nitrogens with zero attached hydrogens (tertiary/aromatic N) is 1. The molecule has 0 unspecified atom stereocenters. The number of fused-ring (bicyclic) bond motifs is 1. The van der Waals surface area contributed by atoms with E-state index in [2.05, 4.69) is 96.2 Å². The van der Waals surface area contributed by atoms with Crippen molar-refractivity contribution in [3.05, 3.63) is 108 Å². The lowest BCUT2D eigenvalue weighted by atomic mass is 9.70. The van der Waals surface area contributed by atoms with Crippen LogP contribution in [0.5, 0.6) is 0 Å². The van der Waals surface area contributed by atoms with Gasteiger partial charge in [0.05, 0.1) is 43.0 Å². The van der Waals surface area contributed by atoms with E-state index >= 15 is 0 Å². The summed E-state index contributed by atoms with van der Waals surface area (Å²) in [5, 5.41) is 4.08. The molecular weight excluding hydrogens is 374 g/mol. The average Bonchev–Trinajstić information content (AvgIpc) is 3.44. The summed E-state index contributed by atoms with van der Waals surface area (Å²) in [6.45, 7) is 2.16. The highest BCUT2D eigenvalue weighted by Crippen LogP contribution is 2.39. The highest BCUT2D eigenvalue weighted by Gasteiger charge is 2.40. The van der Waals surface area contributed by atoms with Crippen LogP contribution in [0, 0.1) is 5.92 Å². The van der Waals surface area contributed by atoms with Gasteiger partial charge in [0.25, 0.3) is 0 Å². The molecule has 2 aliphatic heterocycles. The molecule has 3 aromatic carbocycles. The number of oxime groups is 1. The first-order chi connectivity index (χ1) is 14.9. The Morgan fingerprint density at radius 2 is 1.33 bits per heavy atom. The van der Waals surface area contributed by atoms with Crippen molar-refractivity contribution in [2.24, 2.45) is 11.1 Å². The Bertz CT molecular complexity index is 892. The lowest BCUT2D eigenvalue weighted by molar-refractivity contribution is -0.0197. The molecule has 0 radical (unpaired) electrons. The number of hydrogen-bond donors (Lipinski definition) is 0. The third-order valence-electron chi connectivity index (χ3n) is 6.16. The smallest absolute Gasteiger partial charge is 0.128 e. The fourth-order valence-corrected chi connectivity index (χ4v) is 4.54. The normalized spacial score (nSPS) is 20.5. The molecule has 1 saturated heterocycles. The topological polar surface area (TPSA) is 40.0 Å². The van der Waals surface area contributed by atoms with Gasteiger partial charge in [0.15, 0.2) is 0 Å². The monoisotopic (exact) mass is 399 g/mol. The standard InChI is InChI=1S/C26H25NO3/c1-4-10-20(11-5-1)26(21-12-6-2-7-13-21,22-14-8-3-9-15-22)19-28-18-25-23-16-30-27-24(23)17-29-25/h1-15,23,25H,16-19H2/t23-,25+/m0/s1. The summed E-state index contributed by atoms with van der Waals surface area (Å²) >= 11 is 0. The number of ether oxygens (including phenoxy) is 2. The molecule has 4 nitrogen and oxygen atoms in total. The summed E-state index contributed by atoms with van der Waals surface area (Å²) < 4.78 is 12.3. The Morgan fingerprint density at radius 1 is 0.800 bits per heavy atom. The van der Waals surface area contributed by atoms with Crippen LogP contribution in [0.4, 0.5) is 0 Å². The van der Waals surface area contributed by atoms with Crippen molar-refractivity contribution in [1.29, 1.82) is 0 Å². The first kappa shape index (κ1) is 19.0. The van der Waals surface area contributed by atoms with E-state index in [0.29, 0.717) is 26.4 Å². The molecule has 0 bridgehead atoms. The molecule has 152 valence electrons. The van der Waals surface area contributed by atoms with Crippen molar-refractivity contribution in [1.82, 2.24) is 0 Å². The minimum absolute atomic E-state index is 0.00808. The maximum absolute atomic E-state index is 6.42. The van der Waals surface area contributed by atoms with Crippen LogP contribution >= 0.6 is 0 Å². The summed E-state index contributed by atoms with van der Waals surface area (Å²) in [6, 6.07) is 31.8. The van der Waals surface area contributed by atoms with E-state index in [-0.39, 0.29) is 12.0 Å². The van der Waals surface area contributed by atoms with Crippen LogP contribution in [-0.4, -0.2) is 38.2 Å². The molecule has 2 atom stereocenters. The van der Waals surface area contributed by atoms with E-state index in [1.165, 1.54) is 16.7 Å². The number of rotatable bonds is 7. The lowest BCUT2D eigenvalue weighted by Gasteiger charge is -2.36. The molecule has 0 N–H and O–H groups in total. The Hall–Kier alpha value is -2.95. The van der Waals surface area contributed by atoms with Gasteiger partial charge in [-0.3, -0.25) is 0 Å². The van der Waals surface area contributed by atoms with E-state index in [4.69, 9.17) is 14.3 Å². The minimum atomic E-state index is -0.411. The Kier molecular flexibility index (Phi) is 5.35. The Morgan fingerprint density at radius 3 is 1.87 bits per heavy atom. The number of benzene rings is 3. The molecule has 1 fully saturated rings. The minimum Gasteiger partial charge on any atom is -0.395 e. The van der Waals surface area contributed by atoms with Crippen molar-refractivity contribution in [2.45, 2.75) is 11.5 Å². The molecule has 0 saturated carbocycles. The third kappa shape index (κ3) is 3.42. The van der Waals surface area contributed by atoms with Crippen LogP contribution < -0.4 is 0 Å². The number of hydrogen-bond acceptors (Lipinski definition) is 4. The zero-order chi connectivity index (χ0) is 20.2. The van der Waals surface area contributed by atoms with Crippen LogP contribution in [0.2, 0.25) is 0 Å². The zero-order valence-corrected chi connectivity index (χ0v) is 16.8. The average molecular weight is 399 g/mol. The molecule has 0 amide bonds. The van der Waals surface area contributed by atoms with Crippen LogP contribution in [-0.2, 0) is 19.7 Å². The maximum Gasteiger partial charge on any atom is 0.128 e. The largest absolute Gasteiger partial charge is 0.395 e. The quantitative estimate of drug-likeness (QED) is 0.552. The van der Waals surface area contributed by atoms with Gasteiger partial charge in [-0.15, -0.1) is 0 Å². The fraction of sp³-hybridized carbons (Fsp3) is 0.269. The zero-order valence-electron chi connectivity index (χ0n) is 16.8. The van der Waals surface area contributed by atoms with Gasteiger partial charge in [-0.1, -0.05) is 96.2 Å². The van der Waals surface area contributed by atoms with Crippen LogP contribution in [0.1, 0.15) is 16.7 Å². The summed E-state index contributed by atoms with van der Waals surface area (Å²) in [5.41, 5.74) is 4.22. The third-order valence-corrected chi connectivity index (χ3v) is 6.16. The molecule has 0 spiro atoms. The highest BCUT2D eigenvalue weighted by molar-refractivity contribution is 5.90. The second-order valence-electron chi connectivity index (χ2n) is 7.85. The van der Waals surface area contributed by atoms with Gasteiger partial charge < -0.3 is 14.3 Å². The van der Waals surface area contributed by atoms with Crippen LogP contribution in [0.25, 0.3) is 0 Å². The summed E-state index contributed by atoms with van der Waals surface area (Å²) in [6.07, 6.45) is -0.00808. The summed E-state index contributed by atoms with van der Waals surface area (Å²) in [4.78, 5) is 5.25. The van der Waals surface area contributed by atoms with Gasteiger partial charge in [-0.05, 0) is 16.7 Å². The van der Waals surface area contributed by atoms with E-state index in [1.807, 2.05) is 0 Å². The van der Waals surface area contributed by atoms with E-state index in [1.54, 1.807) is 0 Å². The molecule has 0 aromatic heterocycles. The highest BCUT2D eigenvalue weighted by atomic mass is 16.6. The van der Waals surface area contributed by atoms with Crippen molar-refractivity contribution >= 4 is 5.71 Å². The molecule has 4 heteroatoms. The molecule has 5 rings (SSSR count). The van der Waals surface area contributed by atoms with Gasteiger partial charge in [-0.2, -0.15) is 0 Å². The predicted molar refractivity (Wildman–Crippen MR) is 117 cm³/mol. The first-order valence-electron chi connectivity index (χ1n) is 10.4. The molecule has 2 aliphatic rings. The second-order valence-corrected chi connectivity index (χ2v) is 7.85. The van der Waals surface area contributed by atoms with E-state index in [0.717, 1.165) is 5.71 Å². The molecule has 2 heterocycles. The first-order valence-corrected chi connectivity index (χ1v) is 10.4. The predicted octanol–water partition coefficient (Wildman–Crippen LogP) is 4.44. The van der Waals surface area contributed by atoms with Crippen molar-refractivity contribution in [2.75, 3.05) is 26.4 Å². The van der Waals surface area contributed by atoms with Gasteiger partial charge in [0.2, 0.25) is 0 Å². The van der Waals surface area contributed by atoms with Gasteiger partial charge in [0.1, 0.15) is 6.61 Å². The lowest BCUT2D eigenvalue weighted by Crippen LogP contribution is -2.37. The fourth-order valence-electron chi connectivity index (χ4n) is 4.54. The van der Waals surface area contributed by atoms with E-state index < -0.39 is 5.41 Å². The van der Waals surface area contributed by atoms with Crippen molar-refractivity contribution in [3.63, 3.8) is 0 Å². The summed E-state index contributed by atoms with van der Waals surface area (Å²) in [5.74, 6) is 0.213.